The molecule has 1 N–H and O–H groups in total. The van der Waals surface area contributed by atoms with Crippen LogP contribution in [0.25, 0.3) is 0 Å². The Morgan fingerprint density at radius 2 is 2.06 bits per heavy atom. The van der Waals surface area contributed by atoms with Gasteiger partial charge in [0.1, 0.15) is 0 Å². The van der Waals surface area contributed by atoms with Gasteiger partial charge in [-0.15, -0.1) is 0 Å². The molecule has 0 saturated carbocycles. The van der Waals surface area contributed by atoms with Gasteiger partial charge in [-0.1, -0.05) is 6.07 Å². The number of rotatable bonds is 3. The summed E-state index contributed by atoms with van der Waals surface area (Å²) in [5.74, 6) is 0.894. The second-order valence-corrected chi connectivity index (χ2v) is 3.96. The molecule has 0 aliphatic heterocycles. The van der Waals surface area contributed by atoms with Crippen molar-refractivity contribution in [3.8, 4) is 0 Å². The molecule has 0 amide bonds. The average molecular weight is 215 g/mol. The molecule has 0 aliphatic carbocycles. The number of hydrogen-bond donors (Lipinski definition) is 1. The second-order valence-electron chi connectivity index (χ2n) is 3.96. The van der Waals surface area contributed by atoms with Crippen molar-refractivity contribution < 1.29 is 0 Å². The van der Waals surface area contributed by atoms with E-state index in [-0.39, 0.29) is 0 Å². The molecule has 3 heteroatoms. The fraction of sp³-hybridized carbons (Fsp3) is 0.308. The monoisotopic (exact) mass is 215 g/mol. The molecular formula is C13H17N3. The topological polar surface area (TPSA) is 29.9 Å². The van der Waals surface area contributed by atoms with Crippen LogP contribution in [0.3, 0.4) is 0 Å². The Balaban J connectivity index is 2.24. The van der Waals surface area contributed by atoms with Gasteiger partial charge >= 0.3 is 0 Å². The predicted octanol–water partition coefficient (Wildman–Crippen LogP) is 3.26. The summed E-state index contributed by atoms with van der Waals surface area (Å²) in [5, 5.41) is 3.32. The summed E-state index contributed by atoms with van der Waals surface area (Å²) in [5.41, 5.74) is 3.69. The highest BCUT2D eigenvalue weighted by Crippen LogP contribution is 2.18. The Morgan fingerprint density at radius 3 is 2.75 bits per heavy atom. The average Bonchev–Trinajstić information content (AvgIpc) is 2.71. The van der Waals surface area contributed by atoms with Crippen molar-refractivity contribution in [2.45, 2.75) is 27.3 Å². The number of imidazole rings is 1. The number of nitrogens with one attached hydrogen (secondary N) is 1. The third-order valence-electron chi connectivity index (χ3n) is 2.82. The van der Waals surface area contributed by atoms with Gasteiger partial charge in [0, 0.05) is 24.6 Å². The first-order chi connectivity index (χ1) is 7.70. The van der Waals surface area contributed by atoms with Crippen LogP contribution in [0.5, 0.6) is 0 Å². The Kier molecular flexibility index (Phi) is 2.95. The minimum atomic E-state index is 0.894. The molecule has 3 nitrogen and oxygen atoms in total. The molecular weight excluding hydrogens is 198 g/mol. The van der Waals surface area contributed by atoms with Crippen LogP contribution < -0.4 is 5.32 Å². The van der Waals surface area contributed by atoms with Crippen LogP contribution >= 0.6 is 0 Å². The van der Waals surface area contributed by atoms with Gasteiger partial charge in [-0.2, -0.15) is 0 Å². The summed E-state index contributed by atoms with van der Waals surface area (Å²) in [7, 11) is 0. The second kappa shape index (κ2) is 4.39. The largest absolute Gasteiger partial charge is 0.326 e. The van der Waals surface area contributed by atoms with Crippen LogP contribution in [-0.4, -0.2) is 9.55 Å². The summed E-state index contributed by atoms with van der Waals surface area (Å²) >= 11 is 0. The molecule has 0 saturated heterocycles. The normalized spacial score (nSPS) is 10.4. The maximum absolute atomic E-state index is 4.29. The molecule has 0 atom stereocenters. The summed E-state index contributed by atoms with van der Waals surface area (Å²) < 4.78 is 2.08. The highest BCUT2D eigenvalue weighted by atomic mass is 15.2. The number of hydrogen-bond acceptors (Lipinski definition) is 2. The van der Waals surface area contributed by atoms with Crippen molar-refractivity contribution in [3.63, 3.8) is 0 Å². The maximum Gasteiger partial charge on any atom is 0.207 e. The molecule has 0 bridgehead atoms. The van der Waals surface area contributed by atoms with Crippen molar-refractivity contribution in [1.82, 2.24) is 9.55 Å². The van der Waals surface area contributed by atoms with Gasteiger partial charge in [0.15, 0.2) is 0 Å². The molecule has 0 unspecified atom stereocenters. The van der Waals surface area contributed by atoms with Gasteiger partial charge < -0.3 is 9.88 Å². The molecule has 0 spiro atoms. The zero-order valence-corrected chi connectivity index (χ0v) is 9.99. The van der Waals surface area contributed by atoms with Crippen molar-refractivity contribution in [2.75, 3.05) is 5.32 Å². The molecule has 2 aromatic rings. The van der Waals surface area contributed by atoms with E-state index < -0.39 is 0 Å². The van der Waals surface area contributed by atoms with Gasteiger partial charge in [0.25, 0.3) is 0 Å². The zero-order chi connectivity index (χ0) is 11.5. The van der Waals surface area contributed by atoms with E-state index in [9.17, 15) is 0 Å². The lowest BCUT2D eigenvalue weighted by Crippen LogP contribution is -2.01. The maximum atomic E-state index is 4.29. The number of aryl methyl sites for hydroxylation is 3. The number of benzene rings is 1. The Hall–Kier alpha value is -1.77. The molecule has 0 aliphatic rings. The van der Waals surface area contributed by atoms with Gasteiger partial charge in [0.2, 0.25) is 5.95 Å². The standard InChI is InChI=1S/C13H17N3/c1-4-16-8-7-14-13(16)15-12-6-5-10(2)11(3)9-12/h5-9H,4H2,1-3H3,(H,14,15). The van der Waals surface area contributed by atoms with E-state index in [4.69, 9.17) is 0 Å². The van der Waals surface area contributed by atoms with Crippen molar-refractivity contribution in [1.29, 1.82) is 0 Å². The van der Waals surface area contributed by atoms with Gasteiger partial charge in [-0.25, -0.2) is 4.98 Å². The summed E-state index contributed by atoms with van der Waals surface area (Å²) in [6.45, 7) is 7.26. The molecule has 1 heterocycles. The van der Waals surface area contributed by atoms with E-state index in [1.54, 1.807) is 0 Å². The first-order valence-electron chi connectivity index (χ1n) is 5.56. The molecule has 1 aromatic carbocycles. The lowest BCUT2D eigenvalue weighted by Gasteiger charge is -2.09. The minimum Gasteiger partial charge on any atom is -0.326 e. The zero-order valence-electron chi connectivity index (χ0n) is 9.99. The van der Waals surface area contributed by atoms with E-state index in [0.29, 0.717) is 0 Å². The fourth-order valence-electron chi connectivity index (χ4n) is 1.64. The van der Waals surface area contributed by atoms with Crippen LogP contribution in [-0.2, 0) is 6.54 Å². The van der Waals surface area contributed by atoms with E-state index in [1.807, 2.05) is 12.4 Å². The molecule has 0 radical (unpaired) electrons. The summed E-state index contributed by atoms with van der Waals surface area (Å²) in [6.07, 6.45) is 3.79. The summed E-state index contributed by atoms with van der Waals surface area (Å²) in [4.78, 5) is 4.29. The lowest BCUT2D eigenvalue weighted by molar-refractivity contribution is 0.772. The fourth-order valence-corrected chi connectivity index (χ4v) is 1.64. The van der Waals surface area contributed by atoms with E-state index in [1.165, 1.54) is 11.1 Å². The van der Waals surface area contributed by atoms with E-state index in [2.05, 4.69) is 53.8 Å². The Morgan fingerprint density at radius 1 is 1.25 bits per heavy atom. The van der Waals surface area contributed by atoms with Crippen LogP contribution in [0.4, 0.5) is 11.6 Å². The highest BCUT2D eigenvalue weighted by Gasteiger charge is 2.02. The third-order valence-corrected chi connectivity index (χ3v) is 2.82. The molecule has 0 fully saturated rings. The third kappa shape index (κ3) is 2.08. The SMILES string of the molecule is CCn1ccnc1Nc1ccc(C)c(C)c1. The number of anilines is 2. The Labute approximate surface area is 96.1 Å². The first-order valence-corrected chi connectivity index (χ1v) is 5.56. The van der Waals surface area contributed by atoms with Gasteiger partial charge in [0.05, 0.1) is 0 Å². The van der Waals surface area contributed by atoms with Crippen molar-refractivity contribution >= 4 is 11.6 Å². The highest BCUT2D eigenvalue weighted by molar-refractivity contribution is 5.55. The summed E-state index contributed by atoms with van der Waals surface area (Å²) in [6, 6.07) is 6.35. The first kappa shape index (κ1) is 10.7. The minimum absolute atomic E-state index is 0.894. The van der Waals surface area contributed by atoms with Crippen LogP contribution in [0, 0.1) is 13.8 Å². The lowest BCUT2D eigenvalue weighted by atomic mass is 10.1. The number of nitrogens with zero attached hydrogens (tertiary/aromatic N) is 2. The molecule has 1 aromatic heterocycles. The molecule has 16 heavy (non-hydrogen) atoms. The predicted molar refractivity (Wildman–Crippen MR) is 67.1 cm³/mol. The smallest absolute Gasteiger partial charge is 0.207 e. The van der Waals surface area contributed by atoms with E-state index >= 15 is 0 Å². The van der Waals surface area contributed by atoms with Gasteiger partial charge in [-0.3, -0.25) is 0 Å². The molecule has 84 valence electrons. The van der Waals surface area contributed by atoms with Crippen LogP contribution in [0.15, 0.2) is 30.6 Å². The van der Waals surface area contributed by atoms with Crippen molar-refractivity contribution in [3.05, 3.63) is 41.7 Å². The quantitative estimate of drug-likeness (QED) is 0.851. The van der Waals surface area contributed by atoms with Crippen LogP contribution in [0.2, 0.25) is 0 Å². The van der Waals surface area contributed by atoms with Crippen LogP contribution in [0.1, 0.15) is 18.1 Å². The van der Waals surface area contributed by atoms with Gasteiger partial charge in [-0.05, 0) is 44.0 Å². The van der Waals surface area contributed by atoms with E-state index in [0.717, 1.165) is 18.2 Å². The van der Waals surface area contributed by atoms with Crippen molar-refractivity contribution in [2.24, 2.45) is 0 Å². The Bertz CT molecular complexity index is 486. The molecule has 2 rings (SSSR count). The number of aromatic nitrogens is 2.